The van der Waals surface area contributed by atoms with Crippen LogP contribution in [-0.4, -0.2) is 55.6 Å². The summed E-state index contributed by atoms with van der Waals surface area (Å²) >= 11 is 0. The fraction of sp³-hybridized carbons (Fsp3) is 0.370. The molecule has 1 heterocycles. The lowest BCUT2D eigenvalue weighted by molar-refractivity contribution is -0.139. The molecule has 3 rings (SSSR count). The Morgan fingerprint density at radius 2 is 1.84 bits per heavy atom. The summed E-state index contributed by atoms with van der Waals surface area (Å²) in [6.07, 6.45) is -4.05. The standard InChI is InChI=1S/C27H29F3N4O3/c1-5-37-25(35)23-18(2)34(22-9-6-8-21(16-22)27(28,29)30)26(36)33(15-7-14-32(3)4)24(23)20-12-10-19(17-31)11-13-20/h6,8-13,16,24H,5,7,14-15H2,1-4H3/t24-/m1/s1. The van der Waals surface area contributed by atoms with Crippen LogP contribution in [0, 0.1) is 11.3 Å². The Hall–Kier alpha value is -3.84. The maximum Gasteiger partial charge on any atom is 0.416 e. The summed E-state index contributed by atoms with van der Waals surface area (Å²) < 4.78 is 45.7. The van der Waals surface area contributed by atoms with Crippen LogP contribution < -0.4 is 4.90 Å². The van der Waals surface area contributed by atoms with Crippen molar-refractivity contribution in [3.8, 4) is 6.07 Å². The second-order valence-corrected chi connectivity index (χ2v) is 8.87. The van der Waals surface area contributed by atoms with Crippen molar-refractivity contribution in [1.29, 1.82) is 5.26 Å². The average Bonchev–Trinajstić information content (AvgIpc) is 2.85. The number of carbonyl (C=O) groups is 2. The Morgan fingerprint density at radius 3 is 2.41 bits per heavy atom. The zero-order valence-corrected chi connectivity index (χ0v) is 21.2. The van der Waals surface area contributed by atoms with Crippen LogP contribution in [0.3, 0.4) is 0 Å². The van der Waals surface area contributed by atoms with Gasteiger partial charge >= 0.3 is 18.2 Å². The van der Waals surface area contributed by atoms with E-state index in [-0.39, 0.29) is 30.1 Å². The monoisotopic (exact) mass is 514 g/mol. The number of ether oxygens (including phenoxy) is 1. The third kappa shape index (κ3) is 6.12. The molecule has 7 nitrogen and oxygen atoms in total. The van der Waals surface area contributed by atoms with Crippen LogP contribution in [0.5, 0.6) is 0 Å². The molecule has 2 amide bonds. The van der Waals surface area contributed by atoms with Gasteiger partial charge in [0.05, 0.1) is 41.1 Å². The number of hydrogen-bond acceptors (Lipinski definition) is 5. The zero-order valence-electron chi connectivity index (χ0n) is 21.2. The van der Waals surface area contributed by atoms with Crippen molar-refractivity contribution in [2.24, 2.45) is 0 Å². The van der Waals surface area contributed by atoms with Crippen molar-refractivity contribution in [1.82, 2.24) is 9.80 Å². The van der Waals surface area contributed by atoms with Crippen LogP contribution in [0.25, 0.3) is 0 Å². The average molecular weight is 515 g/mol. The summed E-state index contributed by atoms with van der Waals surface area (Å²) in [5.41, 5.74) is 0.415. The Balaban J connectivity index is 2.23. The summed E-state index contributed by atoms with van der Waals surface area (Å²) in [6.45, 7) is 4.13. The Bertz CT molecular complexity index is 1220. The molecule has 1 aliphatic heterocycles. The van der Waals surface area contributed by atoms with Gasteiger partial charge in [-0.3, -0.25) is 4.90 Å². The molecule has 10 heteroatoms. The first kappa shape index (κ1) is 27.7. The molecule has 0 N–H and O–H groups in total. The summed E-state index contributed by atoms with van der Waals surface area (Å²) in [5, 5.41) is 9.20. The number of halogens is 3. The number of amides is 2. The molecule has 1 aliphatic rings. The molecule has 0 fully saturated rings. The lowest BCUT2D eigenvalue weighted by Gasteiger charge is -2.43. The summed E-state index contributed by atoms with van der Waals surface area (Å²) in [6, 6.07) is 11.6. The third-order valence-corrected chi connectivity index (χ3v) is 6.03. The van der Waals surface area contributed by atoms with E-state index in [0.29, 0.717) is 24.1 Å². The van der Waals surface area contributed by atoms with E-state index in [1.54, 1.807) is 31.2 Å². The lowest BCUT2D eigenvalue weighted by Crippen LogP contribution is -2.51. The van der Waals surface area contributed by atoms with Crippen molar-refractivity contribution in [2.45, 2.75) is 32.5 Å². The van der Waals surface area contributed by atoms with Crippen LogP contribution in [-0.2, 0) is 15.7 Å². The zero-order chi connectivity index (χ0) is 27.3. The molecule has 196 valence electrons. The number of anilines is 1. The quantitative estimate of drug-likeness (QED) is 0.444. The van der Waals surface area contributed by atoms with Gasteiger partial charge in [0, 0.05) is 12.2 Å². The van der Waals surface area contributed by atoms with Gasteiger partial charge in [-0.1, -0.05) is 18.2 Å². The van der Waals surface area contributed by atoms with Gasteiger partial charge in [-0.05, 0) is 76.8 Å². The van der Waals surface area contributed by atoms with Gasteiger partial charge in [0.25, 0.3) is 0 Å². The van der Waals surface area contributed by atoms with E-state index in [2.05, 4.69) is 0 Å². The van der Waals surface area contributed by atoms with Crippen LogP contribution in [0.2, 0.25) is 0 Å². The fourth-order valence-corrected chi connectivity index (χ4v) is 4.32. The number of rotatable bonds is 8. The number of alkyl halides is 3. The number of nitriles is 1. The molecule has 1 atom stereocenters. The molecule has 0 radical (unpaired) electrons. The van der Waals surface area contributed by atoms with E-state index < -0.39 is 29.8 Å². The number of urea groups is 1. The minimum atomic E-state index is -4.60. The summed E-state index contributed by atoms with van der Waals surface area (Å²) in [5.74, 6) is -0.670. The molecular formula is C27H29F3N4O3. The molecule has 0 spiro atoms. The van der Waals surface area contributed by atoms with E-state index in [1.165, 1.54) is 24.0 Å². The Labute approximate surface area is 214 Å². The van der Waals surface area contributed by atoms with Crippen molar-refractivity contribution < 1.29 is 27.5 Å². The minimum absolute atomic E-state index is 0.00462. The number of benzene rings is 2. The number of nitrogens with zero attached hydrogens (tertiary/aromatic N) is 4. The normalized spacial score (nSPS) is 16.3. The number of hydrogen-bond donors (Lipinski definition) is 0. The highest BCUT2D eigenvalue weighted by atomic mass is 19.4. The topological polar surface area (TPSA) is 76.9 Å². The molecule has 0 unspecified atom stereocenters. The Kier molecular flexibility index (Phi) is 8.61. The van der Waals surface area contributed by atoms with E-state index in [9.17, 15) is 28.0 Å². The SMILES string of the molecule is CCOC(=O)C1=C(C)N(c2cccc(C(F)(F)F)c2)C(=O)N(CCCN(C)C)[C@@H]1c1ccc(C#N)cc1. The summed E-state index contributed by atoms with van der Waals surface area (Å²) in [4.78, 5) is 31.8. The van der Waals surface area contributed by atoms with Gasteiger partial charge in [0.2, 0.25) is 0 Å². The molecule has 0 saturated heterocycles. The molecule has 2 aromatic carbocycles. The van der Waals surface area contributed by atoms with Crippen molar-refractivity contribution >= 4 is 17.7 Å². The number of allylic oxidation sites excluding steroid dienone is 1. The Morgan fingerprint density at radius 1 is 1.16 bits per heavy atom. The molecule has 0 aliphatic carbocycles. The number of carbonyl (C=O) groups excluding carboxylic acids is 2. The fourth-order valence-electron chi connectivity index (χ4n) is 4.32. The van der Waals surface area contributed by atoms with Crippen LogP contribution in [0.15, 0.2) is 59.8 Å². The largest absolute Gasteiger partial charge is 0.463 e. The second kappa shape index (κ2) is 11.5. The third-order valence-electron chi connectivity index (χ3n) is 6.03. The summed E-state index contributed by atoms with van der Waals surface area (Å²) in [7, 11) is 3.78. The molecular weight excluding hydrogens is 485 g/mol. The van der Waals surface area contributed by atoms with E-state index in [0.717, 1.165) is 17.0 Å². The van der Waals surface area contributed by atoms with Crippen LogP contribution >= 0.6 is 0 Å². The van der Waals surface area contributed by atoms with E-state index >= 15 is 0 Å². The van der Waals surface area contributed by atoms with Gasteiger partial charge in [-0.2, -0.15) is 18.4 Å². The van der Waals surface area contributed by atoms with Gasteiger partial charge in [-0.15, -0.1) is 0 Å². The predicted molar refractivity (Wildman–Crippen MR) is 132 cm³/mol. The predicted octanol–water partition coefficient (Wildman–Crippen LogP) is 5.35. The minimum Gasteiger partial charge on any atom is -0.463 e. The highest BCUT2D eigenvalue weighted by Crippen LogP contribution is 2.41. The molecule has 0 bridgehead atoms. The number of esters is 1. The van der Waals surface area contributed by atoms with Gasteiger partial charge in [0.1, 0.15) is 0 Å². The smallest absolute Gasteiger partial charge is 0.416 e. The first-order valence-electron chi connectivity index (χ1n) is 11.8. The highest BCUT2D eigenvalue weighted by molar-refractivity contribution is 6.03. The van der Waals surface area contributed by atoms with Crippen molar-refractivity contribution in [2.75, 3.05) is 38.7 Å². The maximum atomic E-state index is 13.9. The molecule has 0 saturated carbocycles. The van der Waals surface area contributed by atoms with E-state index in [1.807, 2.05) is 25.1 Å². The highest BCUT2D eigenvalue weighted by Gasteiger charge is 2.43. The van der Waals surface area contributed by atoms with Crippen LogP contribution in [0.4, 0.5) is 23.7 Å². The first-order valence-corrected chi connectivity index (χ1v) is 11.8. The maximum absolute atomic E-state index is 13.9. The molecule has 2 aromatic rings. The van der Waals surface area contributed by atoms with Gasteiger partial charge in [-0.25, -0.2) is 9.59 Å². The molecule has 37 heavy (non-hydrogen) atoms. The lowest BCUT2D eigenvalue weighted by atomic mass is 9.92. The van der Waals surface area contributed by atoms with Crippen molar-refractivity contribution in [3.05, 3.63) is 76.5 Å². The van der Waals surface area contributed by atoms with Crippen LogP contribution in [0.1, 0.15) is 43.0 Å². The van der Waals surface area contributed by atoms with E-state index in [4.69, 9.17) is 4.74 Å². The van der Waals surface area contributed by atoms with Gasteiger partial charge < -0.3 is 14.5 Å². The van der Waals surface area contributed by atoms with Crippen molar-refractivity contribution in [3.63, 3.8) is 0 Å². The first-order chi connectivity index (χ1) is 17.5. The van der Waals surface area contributed by atoms with Gasteiger partial charge in [0.15, 0.2) is 0 Å². The second-order valence-electron chi connectivity index (χ2n) is 8.87. The molecule has 0 aromatic heterocycles.